The van der Waals surface area contributed by atoms with Crippen molar-refractivity contribution in [2.24, 2.45) is 0 Å². The SMILES string of the molecule is Cc1cc(CC(=O)N(C)C2CCCN(Cc3ccccc3)C2)n[nH]1. The zero-order valence-electron chi connectivity index (χ0n) is 14.5. The smallest absolute Gasteiger partial charge is 0.228 e. The predicted octanol–water partition coefficient (Wildman–Crippen LogP) is 2.38. The molecule has 1 N–H and O–H groups in total. The van der Waals surface area contributed by atoms with E-state index in [-0.39, 0.29) is 11.9 Å². The van der Waals surface area contributed by atoms with E-state index < -0.39 is 0 Å². The van der Waals surface area contributed by atoms with E-state index in [1.54, 1.807) is 0 Å². The number of aryl methyl sites for hydroxylation is 1. The third-order valence-electron chi connectivity index (χ3n) is 4.76. The van der Waals surface area contributed by atoms with Gasteiger partial charge in [0.2, 0.25) is 5.91 Å². The number of hydrogen-bond acceptors (Lipinski definition) is 3. The van der Waals surface area contributed by atoms with Crippen molar-refractivity contribution in [2.75, 3.05) is 20.1 Å². The molecular formula is C19H26N4O. The van der Waals surface area contributed by atoms with Crippen LogP contribution in [0.15, 0.2) is 36.4 Å². The molecule has 1 atom stereocenters. The fourth-order valence-electron chi connectivity index (χ4n) is 3.38. The highest BCUT2D eigenvalue weighted by Gasteiger charge is 2.26. The van der Waals surface area contributed by atoms with E-state index in [0.717, 1.165) is 43.9 Å². The van der Waals surface area contributed by atoms with Crippen molar-refractivity contribution in [2.45, 2.75) is 38.8 Å². The Kier molecular flexibility index (Phi) is 5.30. The number of hydrogen-bond donors (Lipinski definition) is 1. The van der Waals surface area contributed by atoms with E-state index in [1.165, 1.54) is 5.56 Å². The molecule has 0 spiro atoms. The number of benzene rings is 1. The van der Waals surface area contributed by atoms with Gasteiger partial charge in [-0.3, -0.25) is 14.8 Å². The molecule has 0 saturated carbocycles. The topological polar surface area (TPSA) is 52.2 Å². The van der Waals surface area contributed by atoms with Crippen LogP contribution in [0.1, 0.15) is 29.8 Å². The summed E-state index contributed by atoms with van der Waals surface area (Å²) in [7, 11) is 1.93. The van der Waals surface area contributed by atoms with Gasteiger partial charge in [-0.15, -0.1) is 0 Å². The number of nitrogens with zero attached hydrogens (tertiary/aromatic N) is 3. The van der Waals surface area contributed by atoms with Crippen molar-refractivity contribution in [3.63, 3.8) is 0 Å². The highest BCUT2D eigenvalue weighted by atomic mass is 16.2. The number of aromatic amines is 1. The molecule has 128 valence electrons. The Morgan fingerprint density at radius 1 is 1.38 bits per heavy atom. The summed E-state index contributed by atoms with van der Waals surface area (Å²) >= 11 is 0. The van der Waals surface area contributed by atoms with Crippen molar-refractivity contribution in [3.8, 4) is 0 Å². The van der Waals surface area contributed by atoms with Gasteiger partial charge in [-0.25, -0.2) is 0 Å². The summed E-state index contributed by atoms with van der Waals surface area (Å²) < 4.78 is 0. The molecule has 1 aromatic carbocycles. The van der Waals surface area contributed by atoms with Crippen molar-refractivity contribution in [1.29, 1.82) is 0 Å². The summed E-state index contributed by atoms with van der Waals surface area (Å²) in [5.41, 5.74) is 3.15. The van der Waals surface area contributed by atoms with Gasteiger partial charge in [-0.1, -0.05) is 30.3 Å². The standard InChI is InChI=1S/C19H26N4O/c1-15-11-17(21-20-15)12-19(24)22(2)18-9-6-10-23(14-18)13-16-7-4-3-5-8-16/h3-5,7-8,11,18H,6,9-10,12-14H2,1-2H3,(H,20,21). The van der Waals surface area contributed by atoms with Crippen molar-refractivity contribution >= 4 is 5.91 Å². The maximum Gasteiger partial charge on any atom is 0.228 e. The number of nitrogens with one attached hydrogen (secondary N) is 1. The zero-order chi connectivity index (χ0) is 16.9. The monoisotopic (exact) mass is 326 g/mol. The lowest BCUT2D eigenvalue weighted by atomic mass is 10.0. The van der Waals surface area contributed by atoms with Crippen molar-refractivity contribution < 1.29 is 4.79 Å². The minimum Gasteiger partial charge on any atom is -0.341 e. The van der Waals surface area contributed by atoms with Crippen LogP contribution in [0.25, 0.3) is 0 Å². The second-order valence-corrected chi connectivity index (χ2v) is 6.74. The number of carbonyl (C=O) groups is 1. The third kappa shape index (κ3) is 4.23. The van der Waals surface area contributed by atoms with Crippen LogP contribution >= 0.6 is 0 Å². The quantitative estimate of drug-likeness (QED) is 0.918. The number of piperidine rings is 1. The highest BCUT2D eigenvalue weighted by molar-refractivity contribution is 5.78. The van der Waals surface area contributed by atoms with Gasteiger partial charge in [0, 0.05) is 31.9 Å². The molecule has 1 amide bonds. The second kappa shape index (κ2) is 7.62. The molecule has 1 aliphatic rings. The molecule has 1 aromatic heterocycles. The molecule has 1 fully saturated rings. The summed E-state index contributed by atoms with van der Waals surface area (Å²) in [4.78, 5) is 16.9. The molecule has 2 aromatic rings. The molecule has 5 heteroatoms. The zero-order valence-corrected chi connectivity index (χ0v) is 14.5. The number of aromatic nitrogens is 2. The lowest BCUT2D eigenvalue weighted by Gasteiger charge is -2.37. The molecule has 24 heavy (non-hydrogen) atoms. The van der Waals surface area contributed by atoms with E-state index in [0.29, 0.717) is 6.42 Å². The first-order valence-electron chi connectivity index (χ1n) is 8.64. The number of carbonyl (C=O) groups excluding carboxylic acids is 1. The van der Waals surface area contributed by atoms with Gasteiger partial charge in [0.1, 0.15) is 0 Å². The largest absolute Gasteiger partial charge is 0.341 e. The molecule has 0 bridgehead atoms. The Labute approximate surface area is 143 Å². The fourth-order valence-corrected chi connectivity index (χ4v) is 3.38. The van der Waals surface area contributed by atoms with Gasteiger partial charge in [-0.05, 0) is 37.9 Å². The van der Waals surface area contributed by atoms with Gasteiger partial charge in [-0.2, -0.15) is 5.10 Å². The molecule has 1 aliphatic heterocycles. The van der Waals surface area contributed by atoms with E-state index in [4.69, 9.17) is 0 Å². The average molecular weight is 326 g/mol. The van der Waals surface area contributed by atoms with Crippen LogP contribution in [0.5, 0.6) is 0 Å². The molecule has 1 saturated heterocycles. The van der Waals surface area contributed by atoms with E-state index in [2.05, 4.69) is 39.4 Å². The van der Waals surface area contributed by atoms with Crippen LogP contribution in [0.4, 0.5) is 0 Å². The van der Waals surface area contributed by atoms with Gasteiger partial charge in [0.05, 0.1) is 12.1 Å². The minimum absolute atomic E-state index is 0.146. The Balaban J connectivity index is 1.56. The number of likely N-dealkylation sites (tertiary alicyclic amines) is 1. The minimum atomic E-state index is 0.146. The number of H-pyrrole nitrogens is 1. The van der Waals surface area contributed by atoms with Crippen LogP contribution in [0.2, 0.25) is 0 Å². The van der Waals surface area contributed by atoms with Crippen LogP contribution in [-0.4, -0.2) is 52.1 Å². The summed E-state index contributed by atoms with van der Waals surface area (Å²) in [6, 6.07) is 12.8. The first kappa shape index (κ1) is 16.7. The molecule has 2 heterocycles. The van der Waals surface area contributed by atoms with Crippen molar-refractivity contribution in [1.82, 2.24) is 20.0 Å². The number of likely N-dealkylation sites (N-methyl/N-ethyl adjacent to an activating group) is 1. The maximum atomic E-state index is 12.5. The Morgan fingerprint density at radius 2 is 2.17 bits per heavy atom. The summed E-state index contributed by atoms with van der Waals surface area (Å²) in [6.45, 7) is 4.95. The van der Waals surface area contributed by atoms with Crippen molar-refractivity contribution in [3.05, 3.63) is 53.3 Å². The molecular weight excluding hydrogens is 300 g/mol. The Bertz CT molecular complexity index is 667. The highest BCUT2D eigenvalue weighted by Crippen LogP contribution is 2.18. The Morgan fingerprint density at radius 3 is 2.88 bits per heavy atom. The molecule has 0 aliphatic carbocycles. The predicted molar refractivity (Wildman–Crippen MR) is 94.5 cm³/mol. The van der Waals surface area contributed by atoms with Crippen LogP contribution in [-0.2, 0) is 17.8 Å². The summed E-state index contributed by atoms with van der Waals surface area (Å²) in [5, 5.41) is 7.07. The maximum absolute atomic E-state index is 12.5. The number of rotatable bonds is 5. The van der Waals surface area contributed by atoms with E-state index >= 15 is 0 Å². The average Bonchev–Trinajstić information content (AvgIpc) is 3.00. The van der Waals surface area contributed by atoms with Gasteiger partial charge >= 0.3 is 0 Å². The van der Waals surface area contributed by atoms with Gasteiger partial charge in [0.15, 0.2) is 0 Å². The fraction of sp³-hybridized carbons (Fsp3) is 0.474. The Hall–Kier alpha value is -2.14. The van der Waals surface area contributed by atoms with Crippen LogP contribution in [0, 0.1) is 6.92 Å². The first-order chi connectivity index (χ1) is 11.6. The lowest BCUT2D eigenvalue weighted by molar-refractivity contribution is -0.132. The lowest BCUT2D eigenvalue weighted by Crippen LogP contribution is -2.48. The summed E-state index contributed by atoms with van der Waals surface area (Å²) in [6.07, 6.45) is 2.58. The van der Waals surface area contributed by atoms with Crippen LogP contribution in [0.3, 0.4) is 0 Å². The second-order valence-electron chi connectivity index (χ2n) is 6.74. The normalized spacial score (nSPS) is 18.5. The van der Waals surface area contributed by atoms with Gasteiger partial charge in [0.25, 0.3) is 0 Å². The van der Waals surface area contributed by atoms with E-state index in [9.17, 15) is 4.79 Å². The molecule has 3 rings (SSSR count). The van der Waals surface area contributed by atoms with Gasteiger partial charge < -0.3 is 4.90 Å². The van der Waals surface area contributed by atoms with Crippen LogP contribution < -0.4 is 0 Å². The summed E-state index contributed by atoms with van der Waals surface area (Å²) in [5.74, 6) is 0.146. The van der Waals surface area contributed by atoms with E-state index in [1.807, 2.05) is 31.0 Å². The third-order valence-corrected chi connectivity index (χ3v) is 4.76. The first-order valence-corrected chi connectivity index (χ1v) is 8.64. The molecule has 0 radical (unpaired) electrons. The number of amides is 1. The molecule has 1 unspecified atom stereocenters. The molecule has 5 nitrogen and oxygen atoms in total.